The van der Waals surface area contributed by atoms with Gasteiger partial charge in [-0.15, -0.1) is 0 Å². The Balaban J connectivity index is 2.34. The molecule has 0 aliphatic carbocycles. The van der Waals surface area contributed by atoms with Crippen molar-refractivity contribution in [3.8, 4) is 11.3 Å². The summed E-state index contributed by atoms with van der Waals surface area (Å²) in [4.78, 5) is 3.88. The Labute approximate surface area is 86.0 Å². The Kier molecular flexibility index (Phi) is 2.52. The molecule has 3 nitrogen and oxygen atoms in total. The van der Waals surface area contributed by atoms with E-state index in [4.69, 9.17) is 21.1 Å². The smallest absolute Gasteiger partial charge is 0.220 e. The molecule has 0 saturated heterocycles. The molecule has 4 heteroatoms. The minimum atomic E-state index is -0.187. The van der Waals surface area contributed by atoms with Crippen LogP contribution >= 0.6 is 11.6 Å². The summed E-state index contributed by atoms with van der Waals surface area (Å²) >= 11 is 5.75. The molecule has 0 radical (unpaired) electrons. The molecule has 0 saturated carbocycles. The largest absolute Gasteiger partial charge is 0.438 e. The molecular formula is C10H8ClNO2. The van der Waals surface area contributed by atoms with Crippen LogP contribution in [0, 0.1) is 0 Å². The van der Waals surface area contributed by atoms with Gasteiger partial charge in [0.05, 0.1) is 6.20 Å². The van der Waals surface area contributed by atoms with Crippen LogP contribution in [0.3, 0.4) is 0 Å². The molecule has 0 fully saturated rings. The predicted molar refractivity (Wildman–Crippen MR) is 52.9 cm³/mol. The number of rotatable bonds is 2. The van der Waals surface area contributed by atoms with Gasteiger partial charge in [0.1, 0.15) is 6.61 Å². The van der Waals surface area contributed by atoms with Crippen molar-refractivity contribution in [3.05, 3.63) is 41.4 Å². The average Bonchev–Trinajstić information content (AvgIpc) is 2.67. The van der Waals surface area contributed by atoms with E-state index in [0.29, 0.717) is 16.7 Å². The first kappa shape index (κ1) is 9.24. The highest BCUT2D eigenvalue weighted by Crippen LogP contribution is 2.22. The molecule has 0 unspecified atom stereocenters. The highest BCUT2D eigenvalue weighted by Gasteiger charge is 2.04. The van der Waals surface area contributed by atoms with Gasteiger partial charge in [-0.3, -0.25) is 0 Å². The molecule has 14 heavy (non-hydrogen) atoms. The minimum absolute atomic E-state index is 0.187. The Hall–Kier alpha value is -1.32. The van der Waals surface area contributed by atoms with Crippen LogP contribution < -0.4 is 0 Å². The summed E-state index contributed by atoms with van der Waals surface area (Å²) in [6, 6.07) is 7.23. The number of nitrogens with zero attached hydrogens (tertiary/aromatic N) is 1. The molecule has 0 bridgehead atoms. The maximum atomic E-state index is 8.76. The number of aliphatic hydroxyl groups excluding tert-OH is 1. The third-order valence-corrected chi connectivity index (χ3v) is 2.07. The third kappa shape index (κ3) is 1.78. The van der Waals surface area contributed by atoms with Gasteiger partial charge in [0.25, 0.3) is 0 Å². The van der Waals surface area contributed by atoms with Crippen molar-refractivity contribution in [1.82, 2.24) is 4.98 Å². The Morgan fingerprint density at radius 3 is 2.57 bits per heavy atom. The molecule has 2 aromatic rings. The lowest BCUT2D eigenvalue weighted by atomic mass is 10.2. The molecule has 72 valence electrons. The number of halogens is 1. The first-order valence-corrected chi connectivity index (χ1v) is 4.49. The number of aromatic nitrogens is 1. The second-order valence-electron chi connectivity index (χ2n) is 2.78. The molecule has 0 aliphatic rings. The molecule has 1 aromatic carbocycles. The highest BCUT2D eigenvalue weighted by molar-refractivity contribution is 6.30. The van der Waals surface area contributed by atoms with Gasteiger partial charge >= 0.3 is 0 Å². The number of hydrogen-bond acceptors (Lipinski definition) is 3. The number of hydrogen-bond donors (Lipinski definition) is 1. The second-order valence-corrected chi connectivity index (χ2v) is 3.22. The maximum Gasteiger partial charge on any atom is 0.220 e. The van der Waals surface area contributed by atoms with Gasteiger partial charge in [-0.1, -0.05) is 11.6 Å². The molecule has 1 N–H and O–H groups in total. The first-order chi connectivity index (χ1) is 6.79. The summed E-state index contributed by atoms with van der Waals surface area (Å²) in [6.07, 6.45) is 1.58. The van der Waals surface area contributed by atoms with E-state index in [2.05, 4.69) is 4.98 Å². The van der Waals surface area contributed by atoms with Crippen molar-refractivity contribution in [2.45, 2.75) is 6.61 Å². The van der Waals surface area contributed by atoms with Crippen molar-refractivity contribution in [3.63, 3.8) is 0 Å². The molecule has 2 rings (SSSR count). The summed E-state index contributed by atoms with van der Waals surface area (Å²) in [5.41, 5.74) is 0.890. The topological polar surface area (TPSA) is 46.3 Å². The molecule has 0 atom stereocenters. The summed E-state index contributed by atoms with van der Waals surface area (Å²) < 4.78 is 5.25. The van der Waals surface area contributed by atoms with Crippen LogP contribution in [0.2, 0.25) is 5.02 Å². The standard InChI is InChI=1S/C10H8ClNO2/c11-8-3-1-7(2-4-8)9-5-12-10(6-13)14-9/h1-5,13H,6H2. The van der Waals surface area contributed by atoms with Crippen molar-refractivity contribution < 1.29 is 9.52 Å². The van der Waals surface area contributed by atoms with Crippen molar-refractivity contribution in [2.24, 2.45) is 0 Å². The lowest BCUT2D eigenvalue weighted by Crippen LogP contribution is -1.78. The van der Waals surface area contributed by atoms with Gasteiger partial charge in [0.15, 0.2) is 5.76 Å². The summed E-state index contributed by atoms with van der Waals surface area (Å²) in [5, 5.41) is 9.44. The maximum absolute atomic E-state index is 8.76. The van der Waals surface area contributed by atoms with Crippen LogP contribution in [-0.2, 0) is 6.61 Å². The van der Waals surface area contributed by atoms with Crippen molar-refractivity contribution >= 4 is 11.6 Å². The number of oxazole rings is 1. The van der Waals surface area contributed by atoms with E-state index < -0.39 is 0 Å². The van der Waals surface area contributed by atoms with Gasteiger partial charge in [-0.25, -0.2) is 4.98 Å². The zero-order valence-corrected chi connectivity index (χ0v) is 8.03. The summed E-state index contributed by atoms with van der Waals surface area (Å²) in [7, 11) is 0. The molecule has 0 spiro atoms. The van der Waals surface area contributed by atoms with Gasteiger partial charge < -0.3 is 9.52 Å². The molecule has 1 heterocycles. The zero-order valence-electron chi connectivity index (χ0n) is 7.27. The van der Waals surface area contributed by atoms with E-state index in [0.717, 1.165) is 5.56 Å². The van der Waals surface area contributed by atoms with Crippen molar-refractivity contribution in [2.75, 3.05) is 0 Å². The average molecular weight is 210 g/mol. The van der Waals surface area contributed by atoms with Gasteiger partial charge in [-0.05, 0) is 24.3 Å². The lowest BCUT2D eigenvalue weighted by molar-refractivity contribution is 0.241. The SMILES string of the molecule is OCc1ncc(-c2ccc(Cl)cc2)o1. The fourth-order valence-corrected chi connectivity index (χ4v) is 1.26. The van der Waals surface area contributed by atoms with Crippen LogP contribution in [0.15, 0.2) is 34.9 Å². The minimum Gasteiger partial charge on any atom is -0.438 e. The van der Waals surface area contributed by atoms with Gasteiger partial charge in [0.2, 0.25) is 5.89 Å². The normalized spacial score (nSPS) is 10.4. The van der Waals surface area contributed by atoms with Gasteiger partial charge in [0, 0.05) is 10.6 Å². The molecule has 0 amide bonds. The summed E-state index contributed by atoms with van der Waals surface area (Å²) in [6.45, 7) is -0.187. The fourth-order valence-electron chi connectivity index (χ4n) is 1.13. The predicted octanol–water partition coefficient (Wildman–Crippen LogP) is 2.49. The third-order valence-electron chi connectivity index (χ3n) is 1.82. The molecule has 1 aromatic heterocycles. The molecular weight excluding hydrogens is 202 g/mol. The highest BCUT2D eigenvalue weighted by atomic mass is 35.5. The van der Waals surface area contributed by atoms with Crippen LogP contribution in [0.4, 0.5) is 0 Å². The van der Waals surface area contributed by atoms with Gasteiger partial charge in [-0.2, -0.15) is 0 Å². The first-order valence-electron chi connectivity index (χ1n) is 4.11. The number of benzene rings is 1. The molecule has 0 aliphatic heterocycles. The quantitative estimate of drug-likeness (QED) is 0.827. The summed E-state index contributed by atoms with van der Waals surface area (Å²) in [5.74, 6) is 0.945. The monoisotopic (exact) mass is 209 g/mol. The van der Waals surface area contributed by atoms with E-state index in [1.807, 2.05) is 12.1 Å². The van der Waals surface area contributed by atoms with E-state index in [1.165, 1.54) is 0 Å². The zero-order chi connectivity index (χ0) is 9.97. The van der Waals surface area contributed by atoms with E-state index in [1.54, 1.807) is 18.3 Å². The van der Waals surface area contributed by atoms with Crippen LogP contribution in [-0.4, -0.2) is 10.1 Å². The number of aliphatic hydroxyl groups is 1. The van der Waals surface area contributed by atoms with Crippen LogP contribution in [0.5, 0.6) is 0 Å². The van der Waals surface area contributed by atoms with E-state index in [-0.39, 0.29) is 6.61 Å². The van der Waals surface area contributed by atoms with Crippen LogP contribution in [0.25, 0.3) is 11.3 Å². The van der Waals surface area contributed by atoms with Crippen LogP contribution in [0.1, 0.15) is 5.89 Å². The van der Waals surface area contributed by atoms with Crippen molar-refractivity contribution in [1.29, 1.82) is 0 Å². The second kappa shape index (κ2) is 3.82. The Morgan fingerprint density at radius 1 is 1.29 bits per heavy atom. The van der Waals surface area contributed by atoms with E-state index >= 15 is 0 Å². The Morgan fingerprint density at radius 2 is 2.00 bits per heavy atom. The van der Waals surface area contributed by atoms with E-state index in [9.17, 15) is 0 Å². The fraction of sp³-hybridized carbons (Fsp3) is 0.100. The Bertz CT molecular complexity index is 422. The lowest BCUT2D eigenvalue weighted by Gasteiger charge is -1.95.